The zero-order chi connectivity index (χ0) is 36.2. The molecular weight excluding hydrogens is 660 g/mol. The topological polar surface area (TPSA) is 138 Å². The Bertz CT molecular complexity index is 1840. The molecule has 1 saturated carbocycles. The van der Waals surface area contributed by atoms with Crippen molar-refractivity contribution in [3.05, 3.63) is 66.7 Å². The van der Waals surface area contributed by atoms with Crippen LogP contribution < -0.4 is 14.8 Å². The van der Waals surface area contributed by atoms with Crippen molar-refractivity contribution in [3.63, 3.8) is 0 Å². The Morgan fingerprint density at radius 1 is 1.00 bits per heavy atom. The number of nitrogens with zero attached hydrogens (tertiary/aromatic N) is 3. The molecule has 4 heterocycles. The standard InChI is InChI=1S/C41H48N4O7/c1-51-30-22-34-32(17-18-33(42-34)27-13-8-5-9-14-27)36(24-30)52-31-23-35-38(47)43-41(40(49)50)25-29(41)16-10-4-2-3-7-15-28(39(48)45(35)26-31)21-37(46)44-19-11-6-12-20-44/h5,8-10,13-14,16-18,22,24,28-29,31,35H,2-4,6-7,11-12,15,19-21,23,25-26H2,1H3,(H,43,47)(H,49,50)/t28-,29-,31-,35+,41-/m1/s1. The average molecular weight is 709 g/mol. The zero-order valence-corrected chi connectivity index (χ0v) is 29.8. The number of carboxylic acid groups (broad SMARTS) is 1. The first-order valence-electron chi connectivity index (χ1n) is 18.8. The second-order valence-electron chi connectivity index (χ2n) is 14.7. The number of hydrogen-bond acceptors (Lipinski definition) is 7. The molecule has 3 aromatic rings. The maximum atomic E-state index is 14.6. The Labute approximate surface area is 304 Å². The Kier molecular flexibility index (Phi) is 10.5. The molecule has 7 rings (SSSR count). The van der Waals surface area contributed by atoms with Gasteiger partial charge in [-0.2, -0.15) is 0 Å². The van der Waals surface area contributed by atoms with Crippen molar-refractivity contribution in [1.29, 1.82) is 0 Å². The van der Waals surface area contributed by atoms with Crippen LogP contribution in [0.5, 0.6) is 11.5 Å². The number of fused-ring (bicyclic) bond motifs is 3. The Hall–Kier alpha value is -4.93. The summed E-state index contributed by atoms with van der Waals surface area (Å²) in [6.45, 7) is 1.51. The van der Waals surface area contributed by atoms with Gasteiger partial charge in [-0.1, -0.05) is 55.3 Å². The number of aromatic nitrogens is 1. The van der Waals surface area contributed by atoms with Crippen LogP contribution in [0.3, 0.4) is 0 Å². The van der Waals surface area contributed by atoms with Gasteiger partial charge in [0.05, 0.1) is 24.9 Å². The van der Waals surface area contributed by atoms with Gasteiger partial charge in [-0.3, -0.25) is 14.4 Å². The molecular formula is C41H48N4O7. The van der Waals surface area contributed by atoms with Crippen molar-refractivity contribution in [2.75, 3.05) is 26.7 Å². The molecule has 2 aromatic carbocycles. The molecule has 4 aliphatic rings. The van der Waals surface area contributed by atoms with Crippen LogP contribution in [-0.2, 0) is 19.2 Å². The number of carbonyl (C=O) groups excluding carboxylic acids is 3. The van der Waals surface area contributed by atoms with E-state index in [1.165, 1.54) is 0 Å². The molecule has 0 spiro atoms. The molecule has 0 bridgehead atoms. The third-order valence-corrected chi connectivity index (χ3v) is 11.2. The number of aliphatic carboxylic acids is 1. The molecule has 2 N–H and O–H groups in total. The molecule has 1 aliphatic carbocycles. The lowest BCUT2D eigenvalue weighted by Gasteiger charge is -2.31. The molecule has 3 aliphatic heterocycles. The van der Waals surface area contributed by atoms with Gasteiger partial charge in [-0.25, -0.2) is 9.78 Å². The highest BCUT2D eigenvalue weighted by Crippen LogP contribution is 2.45. The van der Waals surface area contributed by atoms with E-state index < -0.39 is 35.5 Å². The predicted molar refractivity (Wildman–Crippen MR) is 196 cm³/mol. The monoisotopic (exact) mass is 708 g/mol. The Balaban J connectivity index is 1.19. The van der Waals surface area contributed by atoms with Gasteiger partial charge in [0, 0.05) is 60.8 Å². The third-order valence-electron chi connectivity index (χ3n) is 11.2. The van der Waals surface area contributed by atoms with Crippen LogP contribution in [0.2, 0.25) is 0 Å². The molecule has 52 heavy (non-hydrogen) atoms. The van der Waals surface area contributed by atoms with Crippen LogP contribution in [0.4, 0.5) is 0 Å². The summed E-state index contributed by atoms with van der Waals surface area (Å²) in [6.07, 6.45) is 10.8. The highest BCUT2D eigenvalue weighted by molar-refractivity contribution is 5.96. The van der Waals surface area contributed by atoms with E-state index in [4.69, 9.17) is 14.5 Å². The maximum absolute atomic E-state index is 14.6. The molecule has 2 saturated heterocycles. The summed E-state index contributed by atoms with van der Waals surface area (Å²) in [5.74, 6) is -1.74. The number of carbonyl (C=O) groups is 4. The highest BCUT2D eigenvalue weighted by Gasteiger charge is 2.61. The largest absolute Gasteiger partial charge is 0.497 e. The van der Waals surface area contributed by atoms with E-state index in [-0.39, 0.29) is 37.1 Å². The lowest BCUT2D eigenvalue weighted by atomic mass is 9.94. The van der Waals surface area contributed by atoms with Gasteiger partial charge in [0.25, 0.3) is 0 Å². The van der Waals surface area contributed by atoms with Crippen LogP contribution in [0.15, 0.2) is 66.7 Å². The van der Waals surface area contributed by atoms with Crippen LogP contribution >= 0.6 is 0 Å². The van der Waals surface area contributed by atoms with Crippen molar-refractivity contribution in [1.82, 2.24) is 20.1 Å². The Morgan fingerprint density at radius 3 is 2.56 bits per heavy atom. The van der Waals surface area contributed by atoms with Crippen LogP contribution in [-0.4, -0.2) is 88.0 Å². The minimum atomic E-state index is -1.41. The first-order valence-corrected chi connectivity index (χ1v) is 18.8. The quantitative estimate of drug-likeness (QED) is 0.296. The van der Waals surface area contributed by atoms with Gasteiger partial charge < -0.3 is 29.7 Å². The van der Waals surface area contributed by atoms with E-state index in [2.05, 4.69) is 5.32 Å². The van der Waals surface area contributed by atoms with E-state index in [1.807, 2.05) is 65.6 Å². The molecule has 274 valence electrons. The molecule has 11 nitrogen and oxygen atoms in total. The van der Waals surface area contributed by atoms with Crippen molar-refractivity contribution >= 4 is 34.6 Å². The number of allylic oxidation sites excluding steroid dienone is 1. The number of methoxy groups -OCH3 is 1. The second-order valence-corrected chi connectivity index (χ2v) is 14.7. The number of amides is 3. The van der Waals surface area contributed by atoms with Crippen LogP contribution in [0, 0.1) is 11.8 Å². The molecule has 11 heteroatoms. The summed E-state index contributed by atoms with van der Waals surface area (Å²) < 4.78 is 12.3. The van der Waals surface area contributed by atoms with Crippen molar-refractivity contribution in [3.8, 4) is 22.8 Å². The van der Waals surface area contributed by atoms with Crippen molar-refractivity contribution in [2.24, 2.45) is 11.8 Å². The highest BCUT2D eigenvalue weighted by atomic mass is 16.5. The second kappa shape index (κ2) is 15.4. The fraction of sp³-hybridized carbons (Fsp3) is 0.488. The van der Waals surface area contributed by atoms with Gasteiger partial charge in [0.1, 0.15) is 29.2 Å². The first kappa shape index (κ1) is 35.5. The SMILES string of the molecule is COc1cc(O[C@@H]2C[C@H]3C(=O)N[C@]4(C(=O)O)C[C@H]4C=CCCCCC[C@H](CC(=O)N4CCCCC4)C(=O)N3C2)c2ccc(-c3ccccc3)nc2c1. The first-order chi connectivity index (χ1) is 25.3. The third kappa shape index (κ3) is 7.49. The van der Waals surface area contributed by atoms with Gasteiger partial charge in [0.15, 0.2) is 0 Å². The Morgan fingerprint density at radius 2 is 1.79 bits per heavy atom. The minimum absolute atomic E-state index is 0.0252. The van der Waals surface area contributed by atoms with E-state index in [9.17, 15) is 24.3 Å². The summed E-state index contributed by atoms with van der Waals surface area (Å²) >= 11 is 0. The number of piperidine rings is 1. The van der Waals surface area contributed by atoms with Gasteiger partial charge >= 0.3 is 5.97 Å². The number of rotatable bonds is 7. The zero-order valence-electron chi connectivity index (χ0n) is 29.8. The fourth-order valence-corrected chi connectivity index (χ4v) is 8.10. The molecule has 0 unspecified atom stereocenters. The number of likely N-dealkylation sites (tertiary alicyclic amines) is 1. The van der Waals surface area contributed by atoms with E-state index in [0.29, 0.717) is 42.9 Å². The number of carboxylic acids is 1. The molecule has 3 amide bonds. The molecule has 0 radical (unpaired) electrons. The average Bonchev–Trinajstić information content (AvgIpc) is 3.70. The summed E-state index contributed by atoms with van der Waals surface area (Å²) in [5, 5.41) is 13.8. The smallest absolute Gasteiger partial charge is 0.330 e. The van der Waals surface area contributed by atoms with Gasteiger partial charge in [0.2, 0.25) is 17.7 Å². The van der Waals surface area contributed by atoms with Gasteiger partial charge in [-0.15, -0.1) is 0 Å². The van der Waals surface area contributed by atoms with Crippen molar-refractivity contribution in [2.45, 2.75) is 88.3 Å². The predicted octanol–water partition coefficient (Wildman–Crippen LogP) is 5.76. The summed E-state index contributed by atoms with van der Waals surface area (Å²) in [4.78, 5) is 63.1. The number of nitrogens with one attached hydrogen (secondary N) is 1. The minimum Gasteiger partial charge on any atom is -0.497 e. The number of ether oxygens (including phenoxy) is 2. The number of benzene rings is 2. The van der Waals surface area contributed by atoms with Gasteiger partial charge in [-0.05, 0) is 57.1 Å². The summed E-state index contributed by atoms with van der Waals surface area (Å²) in [6, 6.07) is 16.4. The fourth-order valence-electron chi connectivity index (χ4n) is 8.10. The van der Waals surface area contributed by atoms with Crippen LogP contribution in [0.25, 0.3) is 22.2 Å². The van der Waals surface area contributed by atoms with E-state index in [0.717, 1.165) is 61.6 Å². The molecule has 3 fully saturated rings. The molecule has 1 aromatic heterocycles. The number of hydrogen-bond donors (Lipinski definition) is 2. The van der Waals surface area contributed by atoms with E-state index >= 15 is 0 Å². The van der Waals surface area contributed by atoms with Crippen molar-refractivity contribution < 1.29 is 33.8 Å². The number of pyridine rings is 1. The molecule has 5 atom stereocenters. The van der Waals surface area contributed by atoms with Crippen LogP contribution in [0.1, 0.15) is 70.6 Å². The lowest BCUT2D eigenvalue weighted by Crippen LogP contribution is -2.54. The lowest BCUT2D eigenvalue weighted by molar-refractivity contribution is -0.147. The normalized spacial score (nSPS) is 26.8. The maximum Gasteiger partial charge on any atom is 0.330 e. The summed E-state index contributed by atoms with van der Waals surface area (Å²) in [7, 11) is 1.57. The van der Waals surface area contributed by atoms with E-state index in [1.54, 1.807) is 18.1 Å². The summed E-state index contributed by atoms with van der Waals surface area (Å²) in [5.41, 5.74) is 1.04.